The third kappa shape index (κ3) is 2.73. The van der Waals surface area contributed by atoms with Crippen LogP contribution in [0.15, 0.2) is 0 Å². The molecule has 3 aliphatic rings. The second-order valence-corrected chi connectivity index (χ2v) is 7.31. The number of hydrogen-bond donors (Lipinski definition) is 3. The van der Waals surface area contributed by atoms with Crippen LogP contribution in [0.3, 0.4) is 0 Å². The Morgan fingerprint density at radius 1 is 1.15 bits per heavy atom. The van der Waals surface area contributed by atoms with Crippen LogP contribution in [0.5, 0.6) is 0 Å². The Balaban J connectivity index is 1.50. The minimum absolute atomic E-state index is 0.0376. The summed E-state index contributed by atoms with van der Waals surface area (Å²) in [6.45, 7) is 3.01. The normalized spacial score (nSPS) is 30.9. The fourth-order valence-corrected chi connectivity index (χ4v) is 4.29. The molecule has 1 amide bonds. The van der Waals surface area contributed by atoms with Crippen LogP contribution in [-0.4, -0.2) is 37.3 Å². The smallest absolute Gasteiger partial charge is 0.223 e. The molecule has 0 aromatic carbocycles. The summed E-state index contributed by atoms with van der Waals surface area (Å²) in [6.07, 6.45) is 9.14. The van der Waals surface area contributed by atoms with Crippen molar-refractivity contribution in [3.05, 3.63) is 0 Å². The Morgan fingerprint density at radius 3 is 2.50 bits per heavy atom. The molecular weight excluding hydrogens is 252 g/mol. The highest BCUT2D eigenvalue weighted by atomic mass is 16.3. The highest BCUT2D eigenvalue weighted by Crippen LogP contribution is 2.58. The average Bonchev–Trinajstić information content (AvgIpc) is 3.20. The third-order valence-electron chi connectivity index (χ3n) is 5.99. The third-order valence-corrected chi connectivity index (χ3v) is 5.99. The fourth-order valence-electron chi connectivity index (χ4n) is 4.29. The molecule has 20 heavy (non-hydrogen) atoms. The summed E-state index contributed by atoms with van der Waals surface area (Å²) in [5.41, 5.74) is 0.276. The van der Waals surface area contributed by atoms with Crippen LogP contribution in [-0.2, 0) is 4.79 Å². The molecule has 1 heterocycles. The molecule has 3 fully saturated rings. The number of aliphatic hydroxyl groups is 1. The van der Waals surface area contributed by atoms with E-state index in [-0.39, 0.29) is 23.8 Å². The average molecular weight is 280 g/mol. The summed E-state index contributed by atoms with van der Waals surface area (Å²) in [6, 6.07) is 0. The number of carbonyl (C=O) groups excluding carboxylic acids is 1. The van der Waals surface area contributed by atoms with E-state index < -0.39 is 0 Å². The fraction of sp³-hybridized carbons (Fsp3) is 0.938. The summed E-state index contributed by atoms with van der Waals surface area (Å²) >= 11 is 0. The molecule has 3 rings (SSSR count). The Kier molecular flexibility index (Phi) is 4.04. The van der Waals surface area contributed by atoms with Gasteiger partial charge in [-0.2, -0.15) is 0 Å². The Bertz CT molecular complexity index is 357. The van der Waals surface area contributed by atoms with Gasteiger partial charge in [0, 0.05) is 17.9 Å². The maximum Gasteiger partial charge on any atom is 0.223 e. The monoisotopic (exact) mass is 280 g/mol. The summed E-state index contributed by atoms with van der Waals surface area (Å²) in [7, 11) is 0. The number of nitrogens with one attached hydrogen (secondary N) is 2. The molecule has 114 valence electrons. The molecular formula is C16H28N2O2. The Hall–Kier alpha value is -0.610. The van der Waals surface area contributed by atoms with Gasteiger partial charge in [0.1, 0.15) is 0 Å². The summed E-state index contributed by atoms with van der Waals surface area (Å²) in [4.78, 5) is 12.4. The molecule has 2 saturated carbocycles. The van der Waals surface area contributed by atoms with Gasteiger partial charge in [0.2, 0.25) is 5.91 Å². The zero-order chi connectivity index (χ0) is 14.1. The molecule has 1 aliphatic heterocycles. The van der Waals surface area contributed by atoms with Crippen molar-refractivity contribution in [3.63, 3.8) is 0 Å². The van der Waals surface area contributed by atoms with Crippen LogP contribution in [0.4, 0.5) is 0 Å². The van der Waals surface area contributed by atoms with Crippen molar-refractivity contribution in [3.8, 4) is 0 Å². The summed E-state index contributed by atoms with van der Waals surface area (Å²) in [5.74, 6) is 0.481. The number of amides is 1. The quantitative estimate of drug-likeness (QED) is 0.730. The molecule has 0 radical (unpaired) electrons. The Labute approximate surface area is 121 Å². The zero-order valence-corrected chi connectivity index (χ0v) is 12.4. The molecule has 1 unspecified atom stereocenters. The van der Waals surface area contributed by atoms with Crippen LogP contribution in [0, 0.1) is 16.7 Å². The molecule has 1 atom stereocenters. The molecule has 0 aromatic rings. The second kappa shape index (κ2) is 5.64. The first kappa shape index (κ1) is 14.3. The van der Waals surface area contributed by atoms with Crippen molar-refractivity contribution < 1.29 is 9.90 Å². The van der Waals surface area contributed by atoms with Crippen molar-refractivity contribution in [2.45, 2.75) is 51.4 Å². The van der Waals surface area contributed by atoms with Gasteiger partial charge in [0.15, 0.2) is 0 Å². The van der Waals surface area contributed by atoms with Crippen LogP contribution < -0.4 is 10.6 Å². The molecule has 1 saturated heterocycles. The molecule has 2 aliphatic carbocycles. The highest BCUT2D eigenvalue weighted by molar-refractivity contribution is 5.82. The van der Waals surface area contributed by atoms with Gasteiger partial charge in [-0.05, 0) is 50.6 Å². The van der Waals surface area contributed by atoms with Gasteiger partial charge in [-0.25, -0.2) is 0 Å². The van der Waals surface area contributed by atoms with E-state index in [1.807, 2.05) is 0 Å². The van der Waals surface area contributed by atoms with E-state index in [1.165, 1.54) is 19.3 Å². The lowest BCUT2D eigenvalue weighted by atomic mass is 9.74. The predicted octanol–water partition coefficient (Wildman–Crippen LogP) is 1.44. The minimum Gasteiger partial charge on any atom is -0.396 e. The van der Waals surface area contributed by atoms with Crippen molar-refractivity contribution in [2.24, 2.45) is 16.7 Å². The molecule has 4 nitrogen and oxygen atoms in total. The van der Waals surface area contributed by atoms with Gasteiger partial charge in [-0.15, -0.1) is 0 Å². The van der Waals surface area contributed by atoms with E-state index >= 15 is 0 Å². The first-order chi connectivity index (χ1) is 9.70. The number of aliphatic hydroxyl groups excluding tert-OH is 1. The molecule has 4 heteroatoms. The van der Waals surface area contributed by atoms with Crippen LogP contribution in [0.2, 0.25) is 0 Å². The number of piperidine rings is 1. The Morgan fingerprint density at radius 2 is 1.85 bits per heavy atom. The topological polar surface area (TPSA) is 61.4 Å². The maximum atomic E-state index is 12.4. The molecule has 1 spiro atoms. The number of carbonyl (C=O) groups is 1. The SMILES string of the molecule is O=C(NCC1(CO)CCCCC1)C1CC12CCNCC2. The van der Waals surface area contributed by atoms with Gasteiger partial charge < -0.3 is 15.7 Å². The van der Waals surface area contributed by atoms with E-state index in [4.69, 9.17) is 0 Å². The lowest BCUT2D eigenvalue weighted by Gasteiger charge is -2.35. The van der Waals surface area contributed by atoms with E-state index in [0.29, 0.717) is 12.0 Å². The van der Waals surface area contributed by atoms with Gasteiger partial charge in [0.25, 0.3) is 0 Å². The van der Waals surface area contributed by atoms with Crippen molar-refractivity contribution in [1.29, 1.82) is 0 Å². The predicted molar refractivity (Wildman–Crippen MR) is 78.3 cm³/mol. The minimum atomic E-state index is -0.0376. The molecule has 0 bridgehead atoms. The lowest BCUT2D eigenvalue weighted by Crippen LogP contribution is -2.42. The van der Waals surface area contributed by atoms with Crippen molar-refractivity contribution >= 4 is 5.91 Å². The summed E-state index contributed by atoms with van der Waals surface area (Å²) in [5, 5.41) is 16.2. The van der Waals surface area contributed by atoms with Gasteiger partial charge in [-0.1, -0.05) is 19.3 Å². The van der Waals surface area contributed by atoms with Crippen LogP contribution in [0.25, 0.3) is 0 Å². The van der Waals surface area contributed by atoms with E-state index in [1.54, 1.807) is 0 Å². The first-order valence-electron chi connectivity index (χ1n) is 8.29. The summed E-state index contributed by atoms with van der Waals surface area (Å²) < 4.78 is 0. The molecule has 3 N–H and O–H groups in total. The zero-order valence-electron chi connectivity index (χ0n) is 12.4. The van der Waals surface area contributed by atoms with Gasteiger partial charge >= 0.3 is 0 Å². The maximum absolute atomic E-state index is 12.4. The van der Waals surface area contributed by atoms with E-state index in [9.17, 15) is 9.90 Å². The van der Waals surface area contributed by atoms with E-state index in [0.717, 1.165) is 45.2 Å². The number of rotatable bonds is 4. The second-order valence-electron chi connectivity index (χ2n) is 7.31. The van der Waals surface area contributed by atoms with Crippen LogP contribution in [0.1, 0.15) is 51.4 Å². The van der Waals surface area contributed by atoms with Gasteiger partial charge in [-0.3, -0.25) is 4.79 Å². The lowest BCUT2D eigenvalue weighted by molar-refractivity contribution is -0.124. The van der Waals surface area contributed by atoms with E-state index in [2.05, 4.69) is 10.6 Å². The number of hydrogen-bond acceptors (Lipinski definition) is 3. The van der Waals surface area contributed by atoms with Gasteiger partial charge in [0.05, 0.1) is 6.61 Å². The molecule has 0 aromatic heterocycles. The highest BCUT2D eigenvalue weighted by Gasteiger charge is 2.57. The van der Waals surface area contributed by atoms with Crippen molar-refractivity contribution in [2.75, 3.05) is 26.2 Å². The largest absolute Gasteiger partial charge is 0.396 e. The van der Waals surface area contributed by atoms with Crippen LogP contribution >= 0.6 is 0 Å². The standard InChI is InChI=1S/C16H28N2O2/c19-12-15(4-2-1-3-5-15)11-18-14(20)13-10-16(13)6-8-17-9-7-16/h13,17,19H,1-12H2,(H,18,20). The first-order valence-corrected chi connectivity index (χ1v) is 8.29. The van der Waals surface area contributed by atoms with Crippen molar-refractivity contribution in [1.82, 2.24) is 10.6 Å².